The van der Waals surface area contributed by atoms with Crippen molar-refractivity contribution in [1.82, 2.24) is 0 Å². The third kappa shape index (κ3) is 2.36. The van der Waals surface area contributed by atoms with Crippen molar-refractivity contribution in [3.05, 3.63) is 57.1 Å². The minimum Gasteiger partial charge on any atom is -0.392 e. The molecule has 0 amide bonds. The van der Waals surface area contributed by atoms with E-state index in [0.29, 0.717) is 21.2 Å². The van der Waals surface area contributed by atoms with Crippen LogP contribution >= 0.6 is 11.8 Å². The molecule has 4 N–H and O–H groups in total. The van der Waals surface area contributed by atoms with Gasteiger partial charge in [0.25, 0.3) is 0 Å². The lowest BCUT2D eigenvalue weighted by molar-refractivity contribution is 0.604. The maximum atomic E-state index is 9.35. The van der Waals surface area contributed by atoms with Gasteiger partial charge in [-0.25, -0.2) is 0 Å². The summed E-state index contributed by atoms with van der Waals surface area (Å²) in [6.07, 6.45) is 0. The van der Waals surface area contributed by atoms with Gasteiger partial charge in [0.2, 0.25) is 0 Å². The van der Waals surface area contributed by atoms with Crippen LogP contribution in [0.15, 0.2) is 51.5 Å². The van der Waals surface area contributed by atoms with E-state index in [1.807, 2.05) is 37.3 Å². The Balaban J connectivity index is 2.53. The van der Waals surface area contributed by atoms with Gasteiger partial charge >= 0.3 is 0 Å². The topological polar surface area (TPSA) is 99.6 Å². The van der Waals surface area contributed by atoms with Crippen LogP contribution in [0.2, 0.25) is 0 Å². The van der Waals surface area contributed by atoms with Crippen LogP contribution in [0.1, 0.15) is 18.4 Å². The highest BCUT2D eigenvalue weighted by molar-refractivity contribution is 8.06. The molecule has 5 heteroatoms. The second-order valence-corrected chi connectivity index (χ2v) is 5.64. The van der Waals surface area contributed by atoms with E-state index in [-0.39, 0.29) is 11.8 Å². The molecule has 0 bridgehead atoms. The molecule has 1 atom stereocenters. The van der Waals surface area contributed by atoms with Crippen LogP contribution in [-0.2, 0) is 0 Å². The lowest BCUT2D eigenvalue weighted by atomic mass is 9.78. The lowest BCUT2D eigenvalue weighted by Gasteiger charge is -2.28. The first kappa shape index (κ1) is 14.0. The van der Waals surface area contributed by atoms with E-state index in [9.17, 15) is 10.5 Å². The molecule has 0 radical (unpaired) electrons. The first-order chi connectivity index (χ1) is 9.60. The average Bonchev–Trinajstić information content (AvgIpc) is 2.46. The standard InChI is InChI=1S/C15H14N4S/c1-9(10-5-3-2-4-6-10)13-11(7-16)14(18)20-15(19)12(13)8-17/h2-6,9,13H,18-19H2,1H3/t9-/m1/s1. The summed E-state index contributed by atoms with van der Waals surface area (Å²) < 4.78 is 0. The fraction of sp³-hybridized carbons (Fsp3) is 0.200. The van der Waals surface area contributed by atoms with Gasteiger partial charge in [-0.3, -0.25) is 0 Å². The summed E-state index contributed by atoms with van der Waals surface area (Å²) in [7, 11) is 0. The Morgan fingerprint density at radius 1 is 1.05 bits per heavy atom. The molecule has 0 saturated heterocycles. The van der Waals surface area contributed by atoms with Crippen LogP contribution in [0.4, 0.5) is 0 Å². The summed E-state index contributed by atoms with van der Waals surface area (Å²) in [6.45, 7) is 1.98. The molecule has 1 aliphatic rings. The molecule has 100 valence electrons. The average molecular weight is 282 g/mol. The van der Waals surface area contributed by atoms with Gasteiger partial charge in [-0.05, 0) is 11.5 Å². The normalized spacial score (nSPS) is 17.6. The minimum absolute atomic E-state index is 0.0431. The molecule has 1 heterocycles. The van der Waals surface area contributed by atoms with E-state index >= 15 is 0 Å². The number of nitrogens with zero attached hydrogens (tertiary/aromatic N) is 2. The monoisotopic (exact) mass is 282 g/mol. The van der Waals surface area contributed by atoms with E-state index < -0.39 is 0 Å². The zero-order chi connectivity index (χ0) is 14.7. The second-order valence-electron chi connectivity index (χ2n) is 4.56. The van der Waals surface area contributed by atoms with Crippen molar-refractivity contribution in [2.75, 3.05) is 0 Å². The van der Waals surface area contributed by atoms with E-state index in [2.05, 4.69) is 12.1 Å². The number of nitriles is 2. The Hall–Kier alpha value is -2.37. The summed E-state index contributed by atoms with van der Waals surface area (Å²) in [5.74, 6) is -0.424. The summed E-state index contributed by atoms with van der Waals surface area (Å²) in [6, 6.07) is 14.0. The smallest absolute Gasteiger partial charge is 0.0981 e. The van der Waals surface area contributed by atoms with Crippen LogP contribution in [0.5, 0.6) is 0 Å². The first-order valence-electron chi connectivity index (χ1n) is 6.12. The molecule has 0 aliphatic carbocycles. The van der Waals surface area contributed by atoms with Crippen molar-refractivity contribution in [1.29, 1.82) is 10.5 Å². The van der Waals surface area contributed by atoms with Gasteiger partial charge in [-0.15, -0.1) is 0 Å². The molecule has 0 saturated carbocycles. The number of hydrogen-bond acceptors (Lipinski definition) is 5. The molecule has 0 aromatic heterocycles. The maximum Gasteiger partial charge on any atom is 0.0981 e. The molecule has 4 nitrogen and oxygen atoms in total. The predicted molar refractivity (Wildman–Crippen MR) is 79.6 cm³/mol. The van der Waals surface area contributed by atoms with Crippen LogP contribution in [-0.4, -0.2) is 0 Å². The van der Waals surface area contributed by atoms with Gasteiger partial charge in [0, 0.05) is 5.92 Å². The zero-order valence-electron chi connectivity index (χ0n) is 11.0. The molecular weight excluding hydrogens is 268 g/mol. The van der Waals surface area contributed by atoms with Gasteiger partial charge in [0.15, 0.2) is 0 Å². The van der Waals surface area contributed by atoms with Crippen LogP contribution in [0.3, 0.4) is 0 Å². The van der Waals surface area contributed by atoms with E-state index in [0.717, 1.165) is 17.3 Å². The lowest BCUT2D eigenvalue weighted by Crippen LogP contribution is -2.23. The minimum atomic E-state index is -0.381. The molecule has 20 heavy (non-hydrogen) atoms. The molecule has 1 aromatic rings. The molecular formula is C15H14N4S. The van der Waals surface area contributed by atoms with Crippen molar-refractivity contribution in [3.63, 3.8) is 0 Å². The van der Waals surface area contributed by atoms with Gasteiger partial charge in [-0.2, -0.15) is 10.5 Å². The number of hydrogen-bond donors (Lipinski definition) is 2. The second kappa shape index (κ2) is 5.73. The number of allylic oxidation sites excluding steroid dienone is 2. The summed E-state index contributed by atoms with van der Waals surface area (Å²) in [4.78, 5) is 0. The molecule has 1 aliphatic heterocycles. The Morgan fingerprint density at radius 2 is 1.55 bits per heavy atom. The summed E-state index contributed by atoms with van der Waals surface area (Å²) >= 11 is 1.09. The van der Waals surface area contributed by atoms with Crippen molar-refractivity contribution in [2.24, 2.45) is 17.4 Å². The van der Waals surface area contributed by atoms with Gasteiger partial charge in [0.1, 0.15) is 0 Å². The summed E-state index contributed by atoms with van der Waals surface area (Å²) in [5.41, 5.74) is 13.7. The highest BCUT2D eigenvalue weighted by Gasteiger charge is 2.34. The number of nitrogens with two attached hydrogens (primary N) is 2. The first-order valence-corrected chi connectivity index (χ1v) is 6.94. The molecule has 0 fully saturated rings. The Bertz CT molecular complexity index is 625. The van der Waals surface area contributed by atoms with Crippen LogP contribution in [0, 0.1) is 28.6 Å². The summed E-state index contributed by atoms with van der Waals surface area (Å²) in [5, 5.41) is 19.5. The van der Waals surface area contributed by atoms with Gasteiger partial charge in [0.05, 0.1) is 33.3 Å². The van der Waals surface area contributed by atoms with Crippen molar-refractivity contribution < 1.29 is 0 Å². The highest BCUT2D eigenvalue weighted by atomic mass is 32.2. The third-order valence-corrected chi connectivity index (χ3v) is 4.32. The number of rotatable bonds is 2. The van der Waals surface area contributed by atoms with E-state index in [1.54, 1.807) is 0 Å². The predicted octanol–water partition coefficient (Wildman–Crippen LogP) is 2.54. The molecule has 0 spiro atoms. The number of thioether (sulfide) groups is 1. The fourth-order valence-corrected chi connectivity index (χ4v) is 3.18. The van der Waals surface area contributed by atoms with Crippen molar-refractivity contribution >= 4 is 11.8 Å². The highest BCUT2D eigenvalue weighted by Crippen LogP contribution is 2.43. The Labute approximate surface area is 122 Å². The molecule has 1 aromatic carbocycles. The SMILES string of the molecule is C[C@H](c1ccccc1)C1C(C#N)=C(N)SC(N)=C1C#N. The maximum absolute atomic E-state index is 9.35. The van der Waals surface area contributed by atoms with Crippen LogP contribution in [0.25, 0.3) is 0 Å². The number of benzene rings is 1. The largest absolute Gasteiger partial charge is 0.392 e. The zero-order valence-corrected chi connectivity index (χ0v) is 11.8. The Morgan fingerprint density at radius 3 is 2.00 bits per heavy atom. The van der Waals surface area contributed by atoms with Crippen LogP contribution < -0.4 is 11.5 Å². The fourth-order valence-electron chi connectivity index (χ4n) is 2.38. The van der Waals surface area contributed by atoms with Crippen molar-refractivity contribution in [2.45, 2.75) is 12.8 Å². The van der Waals surface area contributed by atoms with E-state index in [4.69, 9.17) is 11.5 Å². The van der Waals surface area contributed by atoms with Crippen molar-refractivity contribution in [3.8, 4) is 12.1 Å². The quantitative estimate of drug-likeness (QED) is 0.868. The van der Waals surface area contributed by atoms with Gasteiger partial charge < -0.3 is 11.5 Å². The molecule has 0 unspecified atom stereocenters. The van der Waals surface area contributed by atoms with Gasteiger partial charge in [-0.1, -0.05) is 49.0 Å². The Kier molecular flexibility index (Phi) is 4.02. The molecule has 2 rings (SSSR count). The third-order valence-electron chi connectivity index (χ3n) is 3.44. The van der Waals surface area contributed by atoms with E-state index in [1.165, 1.54) is 0 Å².